The van der Waals surface area contributed by atoms with Gasteiger partial charge in [0.25, 0.3) is 5.56 Å². The summed E-state index contributed by atoms with van der Waals surface area (Å²) in [4.78, 5) is 12.1. The Hall–Kier alpha value is -1.76. The third kappa shape index (κ3) is 3.13. The van der Waals surface area contributed by atoms with E-state index in [0.29, 0.717) is 18.5 Å². The maximum Gasteiger partial charge on any atom is 0.271 e. The molecule has 0 aromatic carbocycles. The van der Waals surface area contributed by atoms with E-state index in [9.17, 15) is 9.90 Å². The van der Waals surface area contributed by atoms with Crippen LogP contribution in [-0.2, 0) is 13.0 Å². The van der Waals surface area contributed by atoms with Gasteiger partial charge in [0.2, 0.25) is 0 Å². The lowest BCUT2D eigenvalue weighted by Gasteiger charge is -2.11. The van der Waals surface area contributed by atoms with E-state index in [0.717, 1.165) is 25.7 Å². The summed E-state index contributed by atoms with van der Waals surface area (Å²) >= 11 is 0. The van der Waals surface area contributed by atoms with Crippen LogP contribution in [0.5, 0.6) is 5.88 Å². The van der Waals surface area contributed by atoms with Gasteiger partial charge in [-0.1, -0.05) is 26.7 Å². The molecule has 0 unspecified atom stereocenters. The second kappa shape index (κ2) is 6.85. The summed E-state index contributed by atoms with van der Waals surface area (Å²) < 4.78 is 1.29. The zero-order valence-corrected chi connectivity index (χ0v) is 11.1. The number of aryl methyl sites for hydroxylation is 1. The Kier molecular flexibility index (Phi) is 5.44. The Morgan fingerprint density at radius 1 is 1.33 bits per heavy atom. The normalized spacial score (nSPS) is 10.3. The Morgan fingerprint density at radius 2 is 2.00 bits per heavy atom. The summed E-state index contributed by atoms with van der Waals surface area (Å²) in [6.07, 6.45) is 4.31. The Labute approximate surface area is 107 Å². The van der Waals surface area contributed by atoms with Crippen LogP contribution in [0.1, 0.15) is 50.7 Å². The number of aromatic nitrogens is 1. The molecule has 0 saturated carbocycles. The van der Waals surface area contributed by atoms with Gasteiger partial charge in [0, 0.05) is 12.6 Å². The first-order valence-corrected chi connectivity index (χ1v) is 6.51. The van der Waals surface area contributed by atoms with Gasteiger partial charge in [-0.15, -0.1) is 0 Å². The van der Waals surface area contributed by atoms with Crippen molar-refractivity contribution >= 4 is 0 Å². The van der Waals surface area contributed by atoms with Gasteiger partial charge in [-0.3, -0.25) is 9.36 Å². The van der Waals surface area contributed by atoms with Crippen LogP contribution in [0.4, 0.5) is 0 Å². The third-order valence-electron chi connectivity index (χ3n) is 3.01. The number of rotatable bonds is 6. The molecule has 4 heteroatoms. The van der Waals surface area contributed by atoms with Gasteiger partial charge in [0.05, 0.1) is 0 Å². The standard InChI is InChI=1S/C14H20N2O2/c1-3-5-7-11-9-13(17)16(8-6-4-2)14(18)12(11)10-15/h9,17H,3-8H2,1-2H3. The van der Waals surface area contributed by atoms with Gasteiger partial charge < -0.3 is 5.11 Å². The van der Waals surface area contributed by atoms with Crippen molar-refractivity contribution in [1.82, 2.24) is 4.57 Å². The highest BCUT2D eigenvalue weighted by atomic mass is 16.3. The first-order chi connectivity index (χ1) is 8.65. The van der Waals surface area contributed by atoms with E-state index in [-0.39, 0.29) is 17.0 Å². The molecule has 18 heavy (non-hydrogen) atoms. The van der Waals surface area contributed by atoms with Gasteiger partial charge >= 0.3 is 0 Å². The van der Waals surface area contributed by atoms with Crippen LogP contribution in [0.15, 0.2) is 10.9 Å². The smallest absolute Gasteiger partial charge is 0.271 e. The number of nitriles is 1. The van der Waals surface area contributed by atoms with Crippen LogP contribution in [0, 0.1) is 11.3 Å². The molecule has 0 fully saturated rings. The molecule has 1 heterocycles. The zero-order valence-electron chi connectivity index (χ0n) is 11.1. The van der Waals surface area contributed by atoms with E-state index in [1.807, 2.05) is 19.9 Å². The highest BCUT2D eigenvalue weighted by Crippen LogP contribution is 2.16. The van der Waals surface area contributed by atoms with Crippen LogP contribution < -0.4 is 5.56 Å². The number of pyridine rings is 1. The first-order valence-electron chi connectivity index (χ1n) is 6.51. The number of hydrogen-bond acceptors (Lipinski definition) is 3. The van der Waals surface area contributed by atoms with E-state index < -0.39 is 0 Å². The summed E-state index contributed by atoms with van der Waals surface area (Å²) in [5.41, 5.74) is 0.476. The molecule has 98 valence electrons. The Balaban J connectivity index is 3.19. The summed E-state index contributed by atoms with van der Waals surface area (Å²) in [5, 5.41) is 19.0. The molecule has 0 atom stereocenters. The van der Waals surface area contributed by atoms with Crippen molar-refractivity contribution < 1.29 is 5.11 Å². The Morgan fingerprint density at radius 3 is 2.56 bits per heavy atom. The van der Waals surface area contributed by atoms with Crippen molar-refractivity contribution in [3.05, 3.63) is 27.5 Å². The monoisotopic (exact) mass is 248 g/mol. The van der Waals surface area contributed by atoms with Crippen molar-refractivity contribution in [2.45, 2.75) is 52.5 Å². The van der Waals surface area contributed by atoms with Crippen LogP contribution in [0.25, 0.3) is 0 Å². The minimum absolute atomic E-state index is 0.0291. The molecule has 0 radical (unpaired) electrons. The molecular weight excluding hydrogens is 228 g/mol. The third-order valence-corrected chi connectivity index (χ3v) is 3.01. The van der Waals surface area contributed by atoms with E-state index in [1.165, 1.54) is 4.57 Å². The predicted octanol–water partition coefficient (Wildman–Crippen LogP) is 2.57. The molecule has 0 aliphatic heterocycles. The van der Waals surface area contributed by atoms with Crippen molar-refractivity contribution in [2.75, 3.05) is 0 Å². The molecular formula is C14H20N2O2. The van der Waals surface area contributed by atoms with Crippen molar-refractivity contribution in [3.63, 3.8) is 0 Å². The molecule has 0 spiro atoms. The molecule has 0 amide bonds. The van der Waals surface area contributed by atoms with E-state index in [4.69, 9.17) is 5.26 Å². The van der Waals surface area contributed by atoms with Gasteiger partial charge in [-0.2, -0.15) is 5.26 Å². The Bertz CT molecular complexity index is 498. The molecule has 0 saturated heterocycles. The van der Waals surface area contributed by atoms with Gasteiger partial charge in [0.15, 0.2) is 5.88 Å². The molecule has 0 aliphatic carbocycles. The zero-order chi connectivity index (χ0) is 13.5. The van der Waals surface area contributed by atoms with E-state index in [1.54, 1.807) is 6.07 Å². The van der Waals surface area contributed by atoms with Crippen molar-refractivity contribution in [1.29, 1.82) is 5.26 Å². The average molecular weight is 248 g/mol. The van der Waals surface area contributed by atoms with E-state index in [2.05, 4.69) is 0 Å². The number of aromatic hydroxyl groups is 1. The molecule has 1 aromatic heterocycles. The summed E-state index contributed by atoms with van der Waals surface area (Å²) in [7, 11) is 0. The second-order valence-corrected chi connectivity index (χ2v) is 4.43. The lowest BCUT2D eigenvalue weighted by molar-refractivity contribution is 0.400. The lowest BCUT2D eigenvalue weighted by Crippen LogP contribution is -2.24. The topological polar surface area (TPSA) is 66.0 Å². The minimum Gasteiger partial charge on any atom is -0.494 e. The maximum absolute atomic E-state index is 12.1. The largest absolute Gasteiger partial charge is 0.494 e. The van der Waals surface area contributed by atoms with Gasteiger partial charge in [-0.05, 0) is 24.8 Å². The average Bonchev–Trinajstić information content (AvgIpc) is 2.36. The number of nitrogens with zero attached hydrogens (tertiary/aromatic N) is 2. The molecule has 4 nitrogen and oxygen atoms in total. The minimum atomic E-state index is -0.364. The van der Waals surface area contributed by atoms with Crippen molar-refractivity contribution in [3.8, 4) is 11.9 Å². The quantitative estimate of drug-likeness (QED) is 0.841. The predicted molar refractivity (Wildman–Crippen MR) is 70.6 cm³/mol. The number of hydrogen-bond donors (Lipinski definition) is 1. The maximum atomic E-state index is 12.1. The fraction of sp³-hybridized carbons (Fsp3) is 0.571. The first kappa shape index (κ1) is 14.3. The fourth-order valence-corrected chi connectivity index (χ4v) is 1.90. The van der Waals surface area contributed by atoms with Crippen LogP contribution >= 0.6 is 0 Å². The second-order valence-electron chi connectivity index (χ2n) is 4.43. The molecule has 0 aliphatic rings. The SMILES string of the molecule is CCCCc1cc(O)n(CCCC)c(=O)c1C#N. The molecule has 1 N–H and O–H groups in total. The van der Waals surface area contributed by atoms with Crippen molar-refractivity contribution in [2.24, 2.45) is 0 Å². The summed E-state index contributed by atoms with van der Waals surface area (Å²) in [5.74, 6) is -0.0291. The fourth-order valence-electron chi connectivity index (χ4n) is 1.90. The van der Waals surface area contributed by atoms with Gasteiger partial charge in [0.1, 0.15) is 11.6 Å². The lowest BCUT2D eigenvalue weighted by atomic mass is 10.0. The van der Waals surface area contributed by atoms with E-state index >= 15 is 0 Å². The van der Waals surface area contributed by atoms with Gasteiger partial charge in [-0.25, -0.2) is 0 Å². The summed E-state index contributed by atoms with van der Waals surface area (Å²) in [6.45, 7) is 4.53. The number of unbranched alkanes of at least 4 members (excludes halogenated alkanes) is 2. The molecule has 0 bridgehead atoms. The highest BCUT2D eigenvalue weighted by Gasteiger charge is 2.13. The van der Waals surface area contributed by atoms with Crippen LogP contribution in [0.3, 0.4) is 0 Å². The highest BCUT2D eigenvalue weighted by molar-refractivity contribution is 5.39. The molecule has 1 aromatic rings. The van der Waals surface area contributed by atoms with Crippen LogP contribution in [0.2, 0.25) is 0 Å². The van der Waals surface area contributed by atoms with Crippen LogP contribution in [-0.4, -0.2) is 9.67 Å². The molecule has 1 rings (SSSR count). The summed E-state index contributed by atoms with van der Waals surface area (Å²) in [6, 6.07) is 3.53.